The van der Waals surface area contributed by atoms with E-state index in [4.69, 9.17) is 16.7 Å². The van der Waals surface area contributed by atoms with E-state index in [0.29, 0.717) is 12.0 Å². The summed E-state index contributed by atoms with van der Waals surface area (Å²) < 4.78 is 0. The highest BCUT2D eigenvalue weighted by Crippen LogP contribution is 2.10. The van der Waals surface area contributed by atoms with E-state index in [-0.39, 0.29) is 12.4 Å². The van der Waals surface area contributed by atoms with E-state index in [1.807, 2.05) is 6.07 Å². The normalized spacial score (nSPS) is 12.5. The standard InChI is InChI=1S/C10H11ClO2/c11-9(6-7-12)10(13)8-4-2-1-3-5-8/h1-5,9,12H,6-7H2/t9-/m1/s1. The van der Waals surface area contributed by atoms with E-state index in [1.54, 1.807) is 24.3 Å². The molecule has 0 spiro atoms. The molecular weight excluding hydrogens is 188 g/mol. The van der Waals surface area contributed by atoms with Gasteiger partial charge in [0.1, 0.15) is 0 Å². The van der Waals surface area contributed by atoms with Gasteiger partial charge in [-0.3, -0.25) is 4.79 Å². The number of benzene rings is 1. The quantitative estimate of drug-likeness (QED) is 0.592. The molecule has 1 N–H and O–H groups in total. The number of ketones is 1. The van der Waals surface area contributed by atoms with Crippen molar-refractivity contribution in [3.05, 3.63) is 35.9 Å². The van der Waals surface area contributed by atoms with Gasteiger partial charge in [-0.2, -0.15) is 0 Å². The van der Waals surface area contributed by atoms with Crippen molar-refractivity contribution < 1.29 is 9.90 Å². The van der Waals surface area contributed by atoms with Gasteiger partial charge in [-0.15, -0.1) is 11.6 Å². The number of alkyl halides is 1. The number of aliphatic hydroxyl groups is 1. The molecule has 0 saturated carbocycles. The third-order valence-electron chi connectivity index (χ3n) is 1.73. The maximum absolute atomic E-state index is 11.5. The Morgan fingerprint density at radius 3 is 2.54 bits per heavy atom. The first kappa shape index (κ1) is 10.2. The Balaban J connectivity index is 2.68. The second-order valence-electron chi connectivity index (χ2n) is 2.71. The maximum atomic E-state index is 11.5. The summed E-state index contributed by atoms with van der Waals surface area (Å²) in [6, 6.07) is 8.85. The van der Waals surface area contributed by atoms with Gasteiger partial charge >= 0.3 is 0 Å². The maximum Gasteiger partial charge on any atom is 0.180 e. The minimum Gasteiger partial charge on any atom is -0.396 e. The van der Waals surface area contributed by atoms with Crippen molar-refractivity contribution in [2.45, 2.75) is 11.8 Å². The van der Waals surface area contributed by atoms with E-state index >= 15 is 0 Å². The molecule has 0 aliphatic heterocycles. The van der Waals surface area contributed by atoms with Crippen LogP contribution >= 0.6 is 11.6 Å². The van der Waals surface area contributed by atoms with Crippen LogP contribution in [0.1, 0.15) is 16.8 Å². The van der Waals surface area contributed by atoms with Crippen molar-refractivity contribution in [1.82, 2.24) is 0 Å². The summed E-state index contributed by atoms with van der Waals surface area (Å²) in [7, 11) is 0. The van der Waals surface area contributed by atoms with Crippen LogP contribution in [0, 0.1) is 0 Å². The smallest absolute Gasteiger partial charge is 0.180 e. The molecule has 0 aliphatic carbocycles. The average molecular weight is 199 g/mol. The number of halogens is 1. The van der Waals surface area contributed by atoms with Gasteiger partial charge in [0.2, 0.25) is 0 Å². The Hall–Kier alpha value is -0.860. The highest BCUT2D eigenvalue weighted by atomic mass is 35.5. The third kappa shape index (κ3) is 2.83. The number of hydrogen-bond acceptors (Lipinski definition) is 2. The summed E-state index contributed by atoms with van der Waals surface area (Å²) in [6.45, 7) is -0.0628. The third-order valence-corrected chi connectivity index (χ3v) is 2.14. The van der Waals surface area contributed by atoms with E-state index in [2.05, 4.69) is 0 Å². The number of rotatable bonds is 4. The number of carbonyl (C=O) groups excluding carboxylic acids is 1. The molecule has 1 aromatic carbocycles. The lowest BCUT2D eigenvalue weighted by Crippen LogP contribution is -2.15. The first-order valence-electron chi connectivity index (χ1n) is 4.10. The largest absolute Gasteiger partial charge is 0.396 e. The molecule has 1 atom stereocenters. The summed E-state index contributed by atoms with van der Waals surface area (Å²) in [5.74, 6) is -0.128. The van der Waals surface area contributed by atoms with Crippen LogP contribution in [0.4, 0.5) is 0 Å². The molecule has 0 unspecified atom stereocenters. The summed E-state index contributed by atoms with van der Waals surface area (Å²) in [5.41, 5.74) is 0.593. The van der Waals surface area contributed by atoms with Gasteiger partial charge < -0.3 is 5.11 Å². The number of carbonyl (C=O) groups is 1. The molecule has 1 rings (SSSR count). The van der Waals surface area contributed by atoms with Gasteiger partial charge in [0, 0.05) is 12.2 Å². The molecule has 2 nitrogen and oxygen atoms in total. The SMILES string of the molecule is O=C(c1ccccc1)[C@H](Cl)CCO. The van der Waals surface area contributed by atoms with Crippen LogP contribution in [0.3, 0.4) is 0 Å². The molecule has 0 saturated heterocycles. The van der Waals surface area contributed by atoms with E-state index in [0.717, 1.165) is 0 Å². The molecule has 3 heteroatoms. The van der Waals surface area contributed by atoms with Crippen molar-refractivity contribution >= 4 is 17.4 Å². The van der Waals surface area contributed by atoms with Crippen LogP contribution in [0.5, 0.6) is 0 Å². The molecule has 0 amide bonds. The van der Waals surface area contributed by atoms with Gasteiger partial charge in [-0.1, -0.05) is 30.3 Å². The second kappa shape index (κ2) is 5.00. The average Bonchev–Trinajstić information content (AvgIpc) is 2.18. The minimum absolute atomic E-state index is 0.0628. The van der Waals surface area contributed by atoms with Gasteiger partial charge in [-0.05, 0) is 6.42 Å². The monoisotopic (exact) mass is 198 g/mol. The minimum atomic E-state index is -0.618. The first-order chi connectivity index (χ1) is 6.25. The Kier molecular flexibility index (Phi) is 3.93. The van der Waals surface area contributed by atoms with Crippen LogP contribution in [0.25, 0.3) is 0 Å². The van der Waals surface area contributed by atoms with Crippen molar-refractivity contribution in [2.24, 2.45) is 0 Å². The summed E-state index contributed by atoms with van der Waals surface area (Å²) in [4.78, 5) is 11.5. The molecule has 0 heterocycles. The van der Waals surface area contributed by atoms with Crippen LogP contribution < -0.4 is 0 Å². The van der Waals surface area contributed by atoms with E-state index < -0.39 is 5.38 Å². The lowest BCUT2D eigenvalue weighted by Gasteiger charge is -2.05. The lowest BCUT2D eigenvalue weighted by atomic mass is 10.1. The summed E-state index contributed by atoms with van der Waals surface area (Å²) in [6.07, 6.45) is 0.301. The molecule has 70 valence electrons. The van der Waals surface area contributed by atoms with Crippen LogP contribution in [-0.4, -0.2) is 22.9 Å². The zero-order valence-corrected chi connectivity index (χ0v) is 7.87. The molecule has 0 aromatic heterocycles. The molecule has 13 heavy (non-hydrogen) atoms. The van der Waals surface area contributed by atoms with E-state index in [1.165, 1.54) is 0 Å². The number of Topliss-reactive ketones (excluding diaryl/α,β-unsaturated/α-hetero) is 1. The summed E-state index contributed by atoms with van der Waals surface area (Å²) in [5, 5.41) is 7.98. The fourth-order valence-electron chi connectivity index (χ4n) is 1.03. The first-order valence-corrected chi connectivity index (χ1v) is 4.53. The second-order valence-corrected chi connectivity index (χ2v) is 3.24. The Labute approximate surface area is 82.2 Å². The van der Waals surface area contributed by atoms with E-state index in [9.17, 15) is 4.79 Å². The zero-order valence-electron chi connectivity index (χ0n) is 7.11. The fraction of sp³-hybridized carbons (Fsp3) is 0.300. The summed E-state index contributed by atoms with van der Waals surface area (Å²) >= 11 is 5.76. The van der Waals surface area contributed by atoms with Crippen molar-refractivity contribution in [3.8, 4) is 0 Å². The van der Waals surface area contributed by atoms with Gasteiger partial charge in [0.15, 0.2) is 5.78 Å². The lowest BCUT2D eigenvalue weighted by molar-refractivity contribution is 0.0976. The molecular formula is C10H11ClO2. The van der Waals surface area contributed by atoms with Gasteiger partial charge in [0.25, 0.3) is 0 Å². The Morgan fingerprint density at radius 1 is 1.38 bits per heavy atom. The van der Waals surface area contributed by atoms with Crippen molar-refractivity contribution in [1.29, 1.82) is 0 Å². The van der Waals surface area contributed by atoms with Crippen LogP contribution in [-0.2, 0) is 0 Å². The topological polar surface area (TPSA) is 37.3 Å². The molecule has 0 radical (unpaired) electrons. The van der Waals surface area contributed by atoms with Gasteiger partial charge in [-0.25, -0.2) is 0 Å². The van der Waals surface area contributed by atoms with Crippen LogP contribution in [0.15, 0.2) is 30.3 Å². The molecule has 0 fully saturated rings. The Bertz CT molecular complexity index is 272. The predicted molar refractivity (Wildman–Crippen MR) is 52.1 cm³/mol. The van der Waals surface area contributed by atoms with Crippen molar-refractivity contribution in [3.63, 3.8) is 0 Å². The fourth-order valence-corrected chi connectivity index (χ4v) is 1.25. The highest BCUT2D eigenvalue weighted by molar-refractivity contribution is 6.33. The zero-order chi connectivity index (χ0) is 9.68. The Morgan fingerprint density at radius 2 is 2.00 bits per heavy atom. The van der Waals surface area contributed by atoms with Crippen LogP contribution in [0.2, 0.25) is 0 Å². The highest BCUT2D eigenvalue weighted by Gasteiger charge is 2.15. The van der Waals surface area contributed by atoms with Gasteiger partial charge in [0.05, 0.1) is 5.38 Å². The number of hydrogen-bond donors (Lipinski definition) is 1. The van der Waals surface area contributed by atoms with Crippen molar-refractivity contribution in [2.75, 3.05) is 6.61 Å². The predicted octanol–water partition coefficient (Wildman–Crippen LogP) is 1.86. The molecule has 0 aliphatic rings. The number of aliphatic hydroxyl groups excluding tert-OH is 1. The molecule has 1 aromatic rings. The molecule has 0 bridgehead atoms.